The predicted molar refractivity (Wildman–Crippen MR) is 57.6 cm³/mol. The maximum Gasteiger partial charge on any atom is 0.112 e. The zero-order valence-electron chi connectivity index (χ0n) is 8.58. The molecule has 0 fully saturated rings. The molecule has 1 aliphatic carbocycles. The van der Waals surface area contributed by atoms with Gasteiger partial charge in [-0.25, -0.2) is 0 Å². The Labute approximate surface area is 84.3 Å². The molecule has 0 aromatic rings. The van der Waals surface area contributed by atoms with Crippen LogP contribution in [0.25, 0.3) is 11.1 Å². The molecule has 1 unspecified atom stereocenters. The molecule has 0 saturated carbocycles. The van der Waals surface area contributed by atoms with Gasteiger partial charge in [-0.2, -0.15) is 0 Å². The summed E-state index contributed by atoms with van der Waals surface area (Å²) in [5.74, 6) is 1.06. The molecular formula is C12H15NO. The van der Waals surface area contributed by atoms with Gasteiger partial charge in [0.1, 0.15) is 5.76 Å². The van der Waals surface area contributed by atoms with Crippen LogP contribution in [-0.4, -0.2) is 13.1 Å². The Bertz CT molecular complexity index is 380. The Morgan fingerprint density at radius 1 is 1.36 bits per heavy atom. The smallest absolute Gasteiger partial charge is 0.112 e. The van der Waals surface area contributed by atoms with Crippen LogP contribution in [0, 0.1) is 0 Å². The second kappa shape index (κ2) is 3.84. The third kappa shape index (κ3) is 1.66. The molecule has 74 valence electrons. The van der Waals surface area contributed by atoms with Crippen molar-refractivity contribution in [2.45, 2.75) is 19.4 Å². The average molecular weight is 189 g/mol. The summed E-state index contributed by atoms with van der Waals surface area (Å²) in [5.41, 5.74) is 2.49. The highest BCUT2D eigenvalue weighted by Crippen LogP contribution is 2.27. The van der Waals surface area contributed by atoms with Crippen LogP contribution in [0.15, 0.2) is 34.9 Å². The summed E-state index contributed by atoms with van der Waals surface area (Å²) in [7, 11) is 1.97. The van der Waals surface area contributed by atoms with Crippen molar-refractivity contribution in [3.8, 4) is 11.1 Å². The molecule has 1 aliphatic heterocycles. The van der Waals surface area contributed by atoms with Crippen molar-refractivity contribution >= 4 is 0 Å². The van der Waals surface area contributed by atoms with Crippen LogP contribution in [0.5, 0.6) is 0 Å². The van der Waals surface area contributed by atoms with Crippen LogP contribution in [0.2, 0.25) is 0 Å². The number of fused-ring (bicyclic) bond motifs is 1. The number of likely N-dealkylation sites (N-methyl/N-ethyl adjacent to an activating group) is 1. The molecule has 0 radical (unpaired) electrons. The molecule has 1 heterocycles. The van der Waals surface area contributed by atoms with Crippen molar-refractivity contribution in [2.75, 3.05) is 7.05 Å². The summed E-state index contributed by atoms with van der Waals surface area (Å²) >= 11 is 0. The van der Waals surface area contributed by atoms with Gasteiger partial charge in [0, 0.05) is 18.0 Å². The topological polar surface area (TPSA) is 25.2 Å². The van der Waals surface area contributed by atoms with E-state index in [0.29, 0.717) is 6.04 Å². The minimum atomic E-state index is 0.444. The van der Waals surface area contributed by atoms with Gasteiger partial charge in [-0.15, -0.1) is 0 Å². The molecule has 0 bridgehead atoms. The van der Waals surface area contributed by atoms with Gasteiger partial charge in [-0.05, 0) is 25.6 Å². The molecular weight excluding hydrogens is 174 g/mol. The van der Waals surface area contributed by atoms with E-state index in [0.717, 1.165) is 12.2 Å². The van der Waals surface area contributed by atoms with E-state index in [1.165, 1.54) is 11.1 Å². The van der Waals surface area contributed by atoms with Crippen molar-refractivity contribution in [3.63, 3.8) is 0 Å². The second-order valence-corrected chi connectivity index (χ2v) is 3.63. The maximum absolute atomic E-state index is 5.53. The lowest BCUT2D eigenvalue weighted by Crippen LogP contribution is -2.23. The van der Waals surface area contributed by atoms with Gasteiger partial charge >= 0.3 is 0 Å². The number of nitrogens with one attached hydrogen (secondary N) is 1. The van der Waals surface area contributed by atoms with E-state index in [-0.39, 0.29) is 0 Å². The van der Waals surface area contributed by atoms with E-state index in [2.05, 4.69) is 30.4 Å². The molecule has 2 nitrogen and oxygen atoms in total. The first-order valence-electron chi connectivity index (χ1n) is 4.93. The van der Waals surface area contributed by atoms with Crippen LogP contribution in [-0.2, 0) is 6.42 Å². The lowest BCUT2D eigenvalue weighted by Gasteiger charge is -2.11. The number of rotatable bonds is 3. The Kier molecular flexibility index (Phi) is 2.55. The predicted octanol–water partition coefficient (Wildman–Crippen LogP) is 2.53. The maximum atomic E-state index is 5.53. The molecule has 0 aromatic carbocycles. The minimum Gasteiger partial charge on any atom is -0.469 e. The SMILES string of the molecule is CNC(C)Cc1occc2cccc1-2. The van der Waals surface area contributed by atoms with Gasteiger partial charge in [-0.1, -0.05) is 18.2 Å². The van der Waals surface area contributed by atoms with Crippen LogP contribution >= 0.6 is 0 Å². The van der Waals surface area contributed by atoms with Crippen molar-refractivity contribution in [2.24, 2.45) is 0 Å². The largest absolute Gasteiger partial charge is 0.469 e. The fraction of sp³-hybridized carbons (Fsp3) is 0.333. The summed E-state index contributed by atoms with van der Waals surface area (Å²) in [5, 5.41) is 3.21. The lowest BCUT2D eigenvalue weighted by atomic mass is 10.1. The number of hydrogen-bond acceptors (Lipinski definition) is 2. The highest BCUT2D eigenvalue weighted by molar-refractivity contribution is 5.67. The standard InChI is InChI=1S/C12H15NO/c1-9(13-2)8-12-11-5-3-4-10(11)6-7-14-12/h3-7,9,13H,8H2,1-2H3. The molecule has 2 heteroatoms. The van der Waals surface area contributed by atoms with Crippen LogP contribution in [0.1, 0.15) is 12.7 Å². The fourth-order valence-electron chi connectivity index (χ4n) is 1.62. The molecule has 14 heavy (non-hydrogen) atoms. The molecule has 2 rings (SSSR count). The van der Waals surface area contributed by atoms with Crippen LogP contribution < -0.4 is 5.32 Å². The van der Waals surface area contributed by atoms with Gasteiger partial charge in [0.25, 0.3) is 0 Å². The molecule has 0 saturated heterocycles. The Morgan fingerprint density at radius 2 is 2.21 bits per heavy atom. The molecule has 0 spiro atoms. The average Bonchev–Trinajstić information content (AvgIpc) is 2.66. The molecule has 1 atom stereocenters. The number of hydrogen-bond donors (Lipinski definition) is 1. The van der Waals surface area contributed by atoms with Gasteiger partial charge in [0.15, 0.2) is 0 Å². The zero-order chi connectivity index (χ0) is 9.97. The fourth-order valence-corrected chi connectivity index (χ4v) is 1.62. The van der Waals surface area contributed by atoms with Crippen molar-refractivity contribution in [1.29, 1.82) is 0 Å². The first-order chi connectivity index (χ1) is 6.81. The van der Waals surface area contributed by atoms with E-state index < -0.39 is 0 Å². The van der Waals surface area contributed by atoms with E-state index >= 15 is 0 Å². The summed E-state index contributed by atoms with van der Waals surface area (Å²) in [4.78, 5) is 0. The monoisotopic (exact) mass is 189 g/mol. The van der Waals surface area contributed by atoms with Gasteiger partial charge in [0.2, 0.25) is 0 Å². The Morgan fingerprint density at radius 3 is 3.00 bits per heavy atom. The van der Waals surface area contributed by atoms with Gasteiger partial charge in [-0.3, -0.25) is 0 Å². The molecule has 0 amide bonds. The third-order valence-electron chi connectivity index (χ3n) is 2.59. The Balaban J connectivity index is 2.29. The molecule has 0 aromatic heterocycles. The highest BCUT2D eigenvalue weighted by atomic mass is 16.3. The normalized spacial score (nSPS) is 13.3. The van der Waals surface area contributed by atoms with E-state index in [4.69, 9.17) is 4.42 Å². The Hall–Kier alpha value is -1.28. The van der Waals surface area contributed by atoms with Crippen LogP contribution in [0.3, 0.4) is 0 Å². The van der Waals surface area contributed by atoms with E-state index in [1.807, 2.05) is 13.1 Å². The quantitative estimate of drug-likeness (QED) is 0.802. The van der Waals surface area contributed by atoms with Gasteiger partial charge < -0.3 is 9.73 Å². The first kappa shape index (κ1) is 9.28. The van der Waals surface area contributed by atoms with Crippen LogP contribution in [0.4, 0.5) is 0 Å². The highest BCUT2D eigenvalue weighted by Gasteiger charge is 2.11. The summed E-state index contributed by atoms with van der Waals surface area (Å²) in [6, 6.07) is 8.73. The second-order valence-electron chi connectivity index (χ2n) is 3.63. The van der Waals surface area contributed by atoms with Crippen molar-refractivity contribution < 1.29 is 4.42 Å². The van der Waals surface area contributed by atoms with E-state index in [9.17, 15) is 0 Å². The molecule has 1 N–H and O–H groups in total. The summed E-state index contributed by atoms with van der Waals surface area (Å²) in [6.45, 7) is 2.15. The third-order valence-corrected chi connectivity index (χ3v) is 2.59. The summed E-state index contributed by atoms with van der Waals surface area (Å²) in [6.07, 6.45) is 2.69. The van der Waals surface area contributed by atoms with Crippen molar-refractivity contribution in [3.05, 3.63) is 36.3 Å². The van der Waals surface area contributed by atoms with Crippen molar-refractivity contribution in [1.82, 2.24) is 5.32 Å². The minimum absolute atomic E-state index is 0.444. The zero-order valence-corrected chi connectivity index (χ0v) is 8.58. The molecule has 2 aliphatic rings. The van der Waals surface area contributed by atoms with Gasteiger partial charge in [0.05, 0.1) is 6.26 Å². The van der Waals surface area contributed by atoms with E-state index in [1.54, 1.807) is 6.26 Å². The first-order valence-corrected chi connectivity index (χ1v) is 4.93. The summed E-state index contributed by atoms with van der Waals surface area (Å²) < 4.78 is 5.53. The lowest BCUT2D eigenvalue weighted by molar-refractivity contribution is 0.461.